The van der Waals surface area contributed by atoms with Gasteiger partial charge in [0, 0.05) is 19.1 Å². The Balaban J connectivity index is 1.79. The third kappa shape index (κ3) is 3.93. The molecule has 0 bridgehead atoms. The summed E-state index contributed by atoms with van der Waals surface area (Å²) in [7, 11) is 0. The molecule has 0 saturated carbocycles. The number of amides is 2. The van der Waals surface area contributed by atoms with Gasteiger partial charge in [-0.25, -0.2) is 14.3 Å². The maximum atomic E-state index is 12.1. The lowest BCUT2D eigenvalue weighted by Crippen LogP contribution is -2.50. The van der Waals surface area contributed by atoms with Crippen molar-refractivity contribution in [3.8, 4) is 0 Å². The maximum Gasteiger partial charge on any atom is 0.358 e. The quantitative estimate of drug-likeness (QED) is 0.856. The number of nitrogens with zero attached hydrogens (tertiary/aromatic N) is 4. The van der Waals surface area contributed by atoms with Crippen LogP contribution in [0.25, 0.3) is 0 Å². The van der Waals surface area contributed by atoms with Crippen LogP contribution in [0, 0.1) is 5.92 Å². The number of hydrogen-bond acceptors (Lipinski definition) is 4. The molecule has 1 fully saturated rings. The Hall–Kier alpha value is -2.12. The Labute approximate surface area is 123 Å². The smallest absolute Gasteiger partial charge is 0.358 e. The summed E-state index contributed by atoms with van der Waals surface area (Å²) in [6.45, 7) is 5.76. The summed E-state index contributed by atoms with van der Waals surface area (Å²) in [5.74, 6) is -0.582. The van der Waals surface area contributed by atoms with Crippen LogP contribution in [0.1, 0.15) is 37.2 Å². The minimum Gasteiger partial charge on any atom is -0.476 e. The fraction of sp³-hybridized carbons (Fsp3) is 0.692. The second-order valence-corrected chi connectivity index (χ2v) is 5.59. The van der Waals surface area contributed by atoms with Crippen LogP contribution in [-0.2, 0) is 6.54 Å². The van der Waals surface area contributed by atoms with Crippen molar-refractivity contribution in [2.45, 2.75) is 39.3 Å². The lowest BCUT2D eigenvalue weighted by atomic mass is 9.95. The predicted octanol–water partition coefficient (Wildman–Crippen LogP) is 0.806. The number of piperidine rings is 1. The van der Waals surface area contributed by atoms with Crippen LogP contribution in [0.5, 0.6) is 0 Å². The lowest BCUT2D eigenvalue weighted by molar-refractivity contribution is 0.0690. The summed E-state index contributed by atoms with van der Waals surface area (Å²) in [5, 5.41) is 18.8. The molecule has 2 amide bonds. The van der Waals surface area contributed by atoms with Crippen LogP contribution < -0.4 is 5.32 Å². The molecule has 2 unspecified atom stereocenters. The van der Waals surface area contributed by atoms with Gasteiger partial charge in [-0.2, -0.15) is 0 Å². The van der Waals surface area contributed by atoms with E-state index in [1.54, 1.807) is 0 Å². The Morgan fingerprint density at radius 2 is 2.19 bits per heavy atom. The highest BCUT2D eigenvalue weighted by atomic mass is 16.4. The number of carbonyl (C=O) groups excluding carboxylic acids is 1. The number of aromatic carboxylic acids is 1. The van der Waals surface area contributed by atoms with Gasteiger partial charge < -0.3 is 15.3 Å². The molecule has 0 radical (unpaired) electrons. The Bertz CT molecular complexity index is 516. The first-order valence-corrected chi connectivity index (χ1v) is 7.15. The number of likely N-dealkylation sites (tertiary alicyclic amines) is 1. The Morgan fingerprint density at radius 1 is 1.43 bits per heavy atom. The molecule has 0 aliphatic carbocycles. The van der Waals surface area contributed by atoms with E-state index in [0.29, 0.717) is 19.0 Å². The summed E-state index contributed by atoms with van der Waals surface area (Å²) in [6.07, 6.45) is 3.53. The molecule has 1 aliphatic heterocycles. The molecule has 1 aliphatic rings. The fourth-order valence-electron chi connectivity index (χ4n) is 2.46. The number of rotatable bonds is 4. The number of nitrogens with one attached hydrogen (secondary N) is 1. The molecule has 2 rings (SSSR count). The van der Waals surface area contributed by atoms with Gasteiger partial charge in [0.05, 0.1) is 12.7 Å². The molecule has 116 valence electrons. The average molecular weight is 295 g/mol. The number of hydrogen-bond donors (Lipinski definition) is 2. The van der Waals surface area contributed by atoms with Crippen molar-refractivity contribution in [3.63, 3.8) is 0 Å². The number of carboxylic acids is 1. The van der Waals surface area contributed by atoms with Gasteiger partial charge >= 0.3 is 12.0 Å². The van der Waals surface area contributed by atoms with Crippen molar-refractivity contribution in [1.82, 2.24) is 25.2 Å². The van der Waals surface area contributed by atoms with Crippen LogP contribution >= 0.6 is 0 Å². The van der Waals surface area contributed by atoms with Crippen molar-refractivity contribution < 1.29 is 14.7 Å². The highest BCUT2D eigenvalue weighted by Crippen LogP contribution is 2.21. The van der Waals surface area contributed by atoms with E-state index in [0.717, 1.165) is 19.4 Å². The third-order valence-corrected chi connectivity index (χ3v) is 3.75. The van der Waals surface area contributed by atoms with E-state index in [2.05, 4.69) is 29.5 Å². The molecule has 2 atom stereocenters. The molecule has 2 N–H and O–H groups in total. The van der Waals surface area contributed by atoms with E-state index < -0.39 is 5.97 Å². The Kier molecular flexibility index (Phi) is 4.77. The van der Waals surface area contributed by atoms with Gasteiger partial charge in [0.15, 0.2) is 5.69 Å². The molecule has 8 nitrogen and oxygen atoms in total. The Morgan fingerprint density at radius 3 is 2.86 bits per heavy atom. The number of carbonyl (C=O) groups is 2. The summed E-state index contributed by atoms with van der Waals surface area (Å²) in [4.78, 5) is 24.7. The summed E-state index contributed by atoms with van der Waals surface area (Å²) in [6, 6.07) is 0.179. The molecule has 1 aromatic rings. The molecular weight excluding hydrogens is 274 g/mol. The van der Waals surface area contributed by atoms with Crippen LogP contribution in [0.3, 0.4) is 0 Å². The minimum absolute atomic E-state index is 0.0763. The highest BCUT2D eigenvalue weighted by molar-refractivity contribution is 5.84. The zero-order chi connectivity index (χ0) is 15.4. The van der Waals surface area contributed by atoms with Gasteiger partial charge in [-0.3, -0.25) is 0 Å². The van der Waals surface area contributed by atoms with Crippen molar-refractivity contribution in [2.24, 2.45) is 5.92 Å². The number of aromatic nitrogens is 3. The van der Waals surface area contributed by atoms with Crippen molar-refractivity contribution in [1.29, 1.82) is 0 Å². The van der Waals surface area contributed by atoms with Crippen LogP contribution in [0.15, 0.2) is 6.20 Å². The van der Waals surface area contributed by atoms with Crippen LogP contribution in [0.4, 0.5) is 4.79 Å². The van der Waals surface area contributed by atoms with E-state index in [9.17, 15) is 9.59 Å². The molecular formula is C13H21N5O3. The SMILES string of the molecule is CC1CCC(C)N(C(=O)NCCn2cc(C(=O)O)nn2)C1. The van der Waals surface area contributed by atoms with Gasteiger partial charge in [-0.1, -0.05) is 12.1 Å². The van der Waals surface area contributed by atoms with E-state index >= 15 is 0 Å². The van der Waals surface area contributed by atoms with Gasteiger partial charge in [0.2, 0.25) is 0 Å². The normalized spacial score (nSPS) is 22.1. The zero-order valence-electron chi connectivity index (χ0n) is 12.3. The monoisotopic (exact) mass is 295 g/mol. The number of carboxylic acid groups (broad SMARTS) is 1. The van der Waals surface area contributed by atoms with E-state index in [1.165, 1.54) is 10.9 Å². The van der Waals surface area contributed by atoms with Gasteiger partial charge in [0.25, 0.3) is 0 Å². The lowest BCUT2D eigenvalue weighted by Gasteiger charge is -2.36. The predicted molar refractivity (Wildman–Crippen MR) is 74.9 cm³/mol. The molecule has 1 aromatic heterocycles. The molecule has 8 heteroatoms. The van der Waals surface area contributed by atoms with Crippen molar-refractivity contribution in [3.05, 3.63) is 11.9 Å². The van der Waals surface area contributed by atoms with E-state index in [4.69, 9.17) is 5.11 Å². The van der Waals surface area contributed by atoms with Gasteiger partial charge in [0.1, 0.15) is 0 Å². The maximum absolute atomic E-state index is 12.1. The van der Waals surface area contributed by atoms with Gasteiger partial charge in [-0.05, 0) is 25.7 Å². The van der Waals surface area contributed by atoms with Crippen LogP contribution in [-0.4, -0.2) is 56.1 Å². The largest absolute Gasteiger partial charge is 0.476 e. The third-order valence-electron chi connectivity index (χ3n) is 3.75. The first kappa shape index (κ1) is 15.3. The molecule has 0 spiro atoms. The highest BCUT2D eigenvalue weighted by Gasteiger charge is 2.26. The second-order valence-electron chi connectivity index (χ2n) is 5.59. The first-order valence-electron chi connectivity index (χ1n) is 7.15. The second kappa shape index (κ2) is 6.55. The number of urea groups is 1. The summed E-state index contributed by atoms with van der Waals surface area (Å²) >= 11 is 0. The standard InChI is InChI=1S/C13H21N5O3/c1-9-3-4-10(2)18(7-9)13(21)14-5-6-17-8-11(12(19)20)15-16-17/h8-10H,3-7H2,1-2H3,(H,14,21)(H,19,20). The molecule has 21 heavy (non-hydrogen) atoms. The topological polar surface area (TPSA) is 100 Å². The first-order chi connectivity index (χ1) is 9.97. The molecule has 1 saturated heterocycles. The molecule has 2 heterocycles. The summed E-state index contributed by atoms with van der Waals surface area (Å²) in [5.41, 5.74) is -0.0974. The molecule has 0 aromatic carbocycles. The average Bonchev–Trinajstić information content (AvgIpc) is 2.90. The zero-order valence-corrected chi connectivity index (χ0v) is 12.3. The van der Waals surface area contributed by atoms with E-state index in [1.807, 2.05) is 4.90 Å². The fourth-order valence-corrected chi connectivity index (χ4v) is 2.46. The van der Waals surface area contributed by atoms with Crippen LogP contribution in [0.2, 0.25) is 0 Å². The minimum atomic E-state index is -1.11. The van der Waals surface area contributed by atoms with Crippen molar-refractivity contribution in [2.75, 3.05) is 13.1 Å². The van der Waals surface area contributed by atoms with Crippen molar-refractivity contribution >= 4 is 12.0 Å². The van der Waals surface area contributed by atoms with E-state index in [-0.39, 0.29) is 17.8 Å². The summed E-state index contributed by atoms with van der Waals surface area (Å²) < 4.78 is 1.41. The van der Waals surface area contributed by atoms with Gasteiger partial charge in [-0.15, -0.1) is 5.10 Å².